The fraction of sp³-hybridized carbons (Fsp3) is 0. The van der Waals surface area contributed by atoms with E-state index in [0.717, 1.165) is 22.4 Å². The molecule has 0 aliphatic rings. The molecule has 0 radical (unpaired) electrons. The van der Waals surface area contributed by atoms with Crippen LogP contribution in [0.25, 0.3) is 28.1 Å². The van der Waals surface area contributed by atoms with Crippen molar-refractivity contribution in [2.45, 2.75) is 0 Å². The van der Waals surface area contributed by atoms with Gasteiger partial charge in [0.2, 0.25) is 0 Å². The van der Waals surface area contributed by atoms with Crippen molar-refractivity contribution >= 4 is 28.3 Å². The van der Waals surface area contributed by atoms with E-state index in [4.69, 9.17) is 11.6 Å². The first-order valence-corrected chi connectivity index (χ1v) is 6.41. The predicted molar refractivity (Wildman–Crippen MR) is 76.5 cm³/mol. The molecular formula is C14H8ClN5. The number of imidazole rings is 1. The van der Waals surface area contributed by atoms with Gasteiger partial charge in [0.05, 0.1) is 11.9 Å². The van der Waals surface area contributed by atoms with Gasteiger partial charge in [0, 0.05) is 11.6 Å². The zero-order valence-corrected chi connectivity index (χ0v) is 11.0. The Balaban J connectivity index is 1.98. The Morgan fingerprint density at radius 2 is 1.95 bits per heavy atom. The summed E-state index contributed by atoms with van der Waals surface area (Å²) in [6.07, 6.45) is 3.46. The highest BCUT2D eigenvalue weighted by molar-refractivity contribution is 6.29. The van der Waals surface area contributed by atoms with Gasteiger partial charge in [0.15, 0.2) is 11.3 Å². The molecule has 4 heterocycles. The number of hydrogen-bond donors (Lipinski definition) is 0. The monoisotopic (exact) mass is 281 g/mol. The molecule has 0 atom stereocenters. The van der Waals surface area contributed by atoms with Gasteiger partial charge in [-0.05, 0) is 36.4 Å². The van der Waals surface area contributed by atoms with E-state index in [2.05, 4.69) is 20.1 Å². The first-order chi connectivity index (χ1) is 9.81. The minimum atomic E-state index is 0.413. The summed E-state index contributed by atoms with van der Waals surface area (Å²) in [7, 11) is 0. The lowest BCUT2D eigenvalue weighted by molar-refractivity contribution is 0.939. The molecule has 0 amide bonds. The number of fused-ring (bicyclic) bond motifs is 2. The molecule has 4 aromatic heterocycles. The maximum atomic E-state index is 5.94. The molecule has 6 heteroatoms. The third kappa shape index (κ3) is 1.71. The van der Waals surface area contributed by atoms with Gasteiger partial charge in [0.1, 0.15) is 10.8 Å². The Labute approximate surface area is 118 Å². The highest BCUT2D eigenvalue weighted by Gasteiger charge is 2.09. The third-order valence-corrected chi connectivity index (χ3v) is 3.26. The van der Waals surface area contributed by atoms with Gasteiger partial charge in [0.25, 0.3) is 0 Å². The van der Waals surface area contributed by atoms with Gasteiger partial charge in [-0.3, -0.25) is 0 Å². The molecule has 4 aromatic rings. The number of hydrogen-bond acceptors (Lipinski definition) is 4. The van der Waals surface area contributed by atoms with Crippen molar-refractivity contribution < 1.29 is 0 Å². The summed E-state index contributed by atoms with van der Waals surface area (Å²) in [4.78, 5) is 13.1. The second kappa shape index (κ2) is 4.25. The molecule has 20 heavy (non-hydrogen) atoms. The molecular weight excluding hydrogens is 274 g/mol. The topological polar surface area (TPSA) is 56.0 Å². The Bertz CT molecular complexity index is 931. The van der Waals surface area contributed by atoms with Crippen molar-refractivity contribution in [1.29, 1.82) is 0 Å². The lowest BCUT2D eigenvalue weighted by Crippen LogP contribution is -1.96. The fourth-order valence-corrected chi connectivity index (χ4v) is 2.26. The highest BCUT2D eigenvalue weighted by atomic mass is 35.5. The number of halogens is 1. The fourth-order valence-electron chi connectivity index (χ4n) is 2.12. The number of rotatable bonds is 1. The summed E-state index contributed by atoms with van der Waals surface area (Å²) in [5.41, 5.74) is 2.97. The highest BCUT2D eigenvalue weighted by Crippen LogP contribution is 2.21. The van der Waals surface area contributed by atoms with Gasteiger partial charge in [-0.15, -0.1) is 0 Å². The molecule has 0 spiro atoms. The molecule has 0 aliphatic heterocycles. The van der Waals surface area contributed by atoms with Crippen LogP contribution in [0.5, 0.6) is 0 Å². The van der Waals surface area contributed by atoms with Crippen LogP contribution in [-0.2, 0) is 0 Å². The van der Waals surface area contributed by atoms with Gasteiger partial charge in [-0.25, -0.2) is 19.5 Å². The lowest BCUT2D eigenvalue weighted by Gasteiger charge is -2.02. The Hall–Kier alpha value is -2.53. The molecule has 0 aromatic carbocycles. The van der Waals surface area contributed by atoms with Crippen molar-refractivity contribution in [3.8, 4) is 11.4 Å². The van der Waals surface area contributed by atoms with E-state index in [1.54, 1.807) is 23.0 Å². The summed E-state index contributed by atoms with van der Waals surface area (Å²) in [5, 5.41) is 5.66. The van der Waals surface area contributed by atoms with Gasteiger partial charge in [-0.1, -0.05) is 11.6 Å². The predicted octanol–water partition coefficient (Wildman–Crippen LogP) is 2.99. The van der Waals surface area contributed by atoms with E-state index in [9.17, 15) is 0 Å². The van der Waals surface area contributed by atoms with E-state index >= 15 is 0 Å². The molecule has 5 nitrogen and oxygen atoms in total. The van der Waals surface area contributed by atoms with Crippen LogP contribution in [0.2, 0.25) is 5.15 Å². The van der Waals surface area contributed by atoms with Crippen LogP contribution in [-0.4, -0.2) is 24.6 Å². The average Bonchev–Trinajstić information content (AvgIpc) is 2.89. The van der Waals surface area contributed by atoms with Gasteiger partial charge < -0.3 is 0 Å². The SMILES string of the molecule is Clc1ccc2ncc(-c3ccc4cccnc4n3)n2n1. The molecule has 0 N–H and O–H groups in total. The molecule has 0 fully saturated rings. The van der Waals surface area contributed by atoms with Crippen LogP contribution in [0.4, 0.5) is 0 Å². The van der Waals surface area contributed by atoms with Crippen LogP contribution in [0.1, 0.15) is 0 Å². The normalized spacial score (nSPS) is 11.2. The smallest absolute Gasteiger partial charge is 0.159 e. The van der Waals surface area contributed by atoms with E-state index < -0.39 is 0 Å². The summed E-state index contributed by atoms with van der Waals surface area (Å²) < 4.78 is 1.68. The van der Waals surface area contributed by atoms with Crippen molar-refractivity contribution in [2.24, 2.45) is 0 Å². The Morgan fingerprint density at radius 1 is 1.00 bits per heavy atom. The largest absolute Gasteiger partial charge is 0.237 e. The maximum absolute atomic E-state index is 5.94. The molecule has 0 saturated heterocycles. The average molecular weight is 282 g/mol. The second-order valence-corrected chi connectivity index (χ2v) is 4.70. The first kappa shape index (κ1) is 11.3. The minimum absolute atomic E-state index is 0.413. The molecule has 96 valence electrons. The summed E-state index contributed by atoms with van der Waals surface area (Å²) in [5.74, 6) is 0. The molecule has 0 aliphatic carbocycles. The molecule has 0 saturated carbocycles. The van der Waals surface area contributed by atoms with Crippen LogP contribution in [0.3, 0.4) is 0 Å². The van der Waals surface area contributed by atoms with Gasteiger partial charge in [-0.2, -0.15) is 5.10 Å². The maximum Gasteiger partial charge on any atom is 0.159 e. The zero-order valence-electron chi connectivity index (χ0n) is 10.2. The standard InChI is InChI=1S/C14H8ClN5/c15-12-5-6-13-17-8-11(20(13)19-12)10-4-3-9-2-1-7-16-14(9)18-10/h1-8H. The van der Waals surface area contributed by atoms with Crippen molar-refractivity contribution in [1.82, 2.24) is 24.6 Å². The molecule has 0 bridgehead atoms. The summed E-state index contributed by atoms with van der Waals surface area (Å²) >= 11 is 5.94. The van der Waals surface area contributed by atoms with Crippen molar-refractivity contribution in [2.75, 3.05) is 0 Å². The van der Waals surface area contributed by atoms with Crippen LogP contribution in [0.15, 0.2) is 48.8 Å². The molecule has 4 rings (SSSR count). The van der Waals surface area contributed by atoms with E-state index in [-0.39, 0.29) is 0 Å². The van der Waals surface area contributed by atoms with E-state index in [1.165, 1.54) is 0 Å². The number of pyridine rings is 2. The van der Waals surface area contributed by atoms with Gasteiger partial charge >= 0.3 is 0 Å². The minimum Gasteiger partial charge on any atom is -0.237 e. The van der Waals surface area contributed by atoms with Crippen LogP contribution >= 0.6 is 11.6 Å². The summed E-state index contributed by atoms with van der Waals surface area (Å²) in [6, 6.07) is 11.3. The summed E-state index contributed by atoms with van der Waals surface area (Å²) in [6.45, 7) is 0. The van der Waals surface area contributed by atoms with E-state index in [1.807, 2.05) is 30.3 Å². The first-order valence-electron chi connectivity index (χ1n) is 6.04. The zero-order chi connectivity index (χ0) is 13.5. The lowest BCUT2D eigenvalue weighted by atomic mass is 10.2. The Morgan fingerprint density at radius 3 is 2.90 bits per heavy atom. The van der Waals surface area contributed by atoms with E-state index in [0.29, 0.717) is 10.8 Å². The number of nitrogens with zero attached hydrogens (tertiary/aromatic N) is 5. The Kier molecular flexibility index (Phi) is 2.40. The number of aromatic nitrogens is 5. The van der Waals surface area contributed by atoms with Crippen molar-refractivity contribution in [3.63, 3.8) is 0 Å². The third-order valence-electron chi connectivity index (χ3n) is 3.06. The molecule has 0 unspecified atom stereocenters. The second-order valence-electron chi connectivity index (χ2n) is 4.32. The van der Waals surface area contributed by atoms with Crippen molar-refractivity contribution in [3.05, 3.63) is 53.9 Å². The van der Waals surface area contributed by atoms with Crippen LogP contribution < -0.4 is 0 Å². The quantitative estimate of drug-likeness (QED) is 0.538. The van der Waals surface area contributed by atoms with Crippen LogP contribution in [0, 0.1) is 0 Å².